The Balaban J connectivity index is 1.29. The molecule has 30 heavy (non-hydrogen) atoms. The predicted molar refractivity (Wildman–Crippen MR) is 118 cm³/mol. The van der Waals surface area contributed by atoms with E-state index in [1.54, 1.807) is 13.3 Å². The minimum absolute atomic E-state index is 0.231. The van der Waals surface area contributed by atoms with Gasteiger partial charge in [0.25, 0.3) is 5.56 Å². The van der Waals surface area contributed by atoms with Crippen molar-refractivity contribution in [3.8, 4) is 0 Å². The highest BCUT2D eigenvalue weighted by Crippen LogP contribution is 2.22. The lowest BCUT2D eigenvalue weighted by Crippen LogP contribution is -2.46. The predicted octanol–water partition coefficient (Wildman–Crippen LogP) is 1.91. The van der Waals surface area contributed by atoms with E-state index >= 15 is 0 Å². The average molecular weight is 404 g/mol. The number of imidazole rings is 1. The monoisotopic (exact) mass is 404 g/mol. The molecule has 154 valence electrons. The van der Waals surface area contributed by atoms with E-state index in [4.69, 9.17) is 0 Å². The van der Waals surface area contributed by atoms with Crippen molar-refractivity contribution in [2.75, 3.05) is 31.1 Å². The van der Waals surface area contributed by atoms with Crippen LogP contribution in [0, 0.1) is 0 Å². The summed E-state index contributed by atoms with van der Waals surface area (Å²) in [7, 11) is 0. The lowest BCUT2D eigenvalue weighted by Gasteiger charge is -2.36. The van der Waals surface area contributed by atoms with Gasteiger partial charge >= 0.3 is 5.69 Å². The molecule has 0 bridgehead atoms. The van der Waals surface area contributed by atoms with E-state index in [2.05, 4.69) is 43.0 Å². The average Bonchev–Trinajstić information content (AvgIpc) is 3.22. The van der Waals surface area contributed by atoms with Crippen LogP contribution in [0.15, 0.2) is 52.3 Å². The zero-order chi connectivity index (χ0) is 20.7. The van der Waals surface area contributed by atoms with Crippen LogP contribution in [0.1, 0.15) is 12.5 Å². The number of fused-ring (bicyclic) bond motifs is 2. The van der Waals surface area contributed by atoms with Crippen LogP contribution >= 0.6 is 0 Å². The van der Waals surface area contributed by atoms with Crippen molar-refractivity contribution in [1.82, 2.24) is 24.4 Å². The maximum Gasteiger partial charge on any atom is 0.328 e. The van der Waals surface area contributed by atoms with Gasteiger partial charge in [0.05, 0.1) is 28.3 Å². The molecular formula is C22H24N6O2. The first-order valence-corrected chi connectivity index (χ1v) is 10.3. The fourth-order valence-electron chi connectivity index (χ4n) is 4.23. The lowest BCUT2D eigenvalue weighted by molar-refractivity contribution is 0.250. The minimum atomic E-state index is -0.352. The summed E-state index contributed by atoms with van der Waals surface area (Å²) in [5.74, 6) is 0. The smallest absolute Gasteiger partial charge is 0.328 e. The second-order valence-electron chi connectivity index (χ2n) is 7.73. The fraction of sp³-hybridized carbons (Fsp3) is 0.318. The van der Waals surface area contributed by atoms with Gasteiger partial charge in [0.2, 0.25) is 0 Å². The van der Waals surface area contributed by atoms with E-state index in [0.717, 1.165) is 49.3 Å². The molecule has 0 atom stereocenters. The topological polar surface area (TPSA) is 90.0 Å². The van der Waals surface area contributed by atoms with E-state index in [1.165, 1.54) is 10.3 Å². The van der Waals surface area contributed by atoms with Crippen molar-refractivity contribution in [2.45, 2.75) is 20.0 Å². The summed E-state index contributed by atoms with van der Waals surface area (Å²) in [4.78, 5) is 39.6. The number of benzene rings is 2. The summed E-state index contributed by atoms with van der Waals surface area (Å²) < 4.78 is 1.22. The Hall–Kier alpha value is -3.39. The van der Waals surface area contributed by atoms with Crippen LogP contribution in [-0.4, -0.2) is 50.6 Å². The maximum absolute atomic E-state index is 12.4. The fourth-order valence-corrected chi connectivity index (χ4v) is 4.23. The number of rotatable bonds is 4. The molecule has 8 nitrogen and oxygen atoms in total. The quantitative estimate of drug-likeness (QED) is 0.542. The normalized spacial score (nSPS) is 15.3. The van der Waals surface area contributed by atoms with Crippen LogP contribution < -0.4 is 16.1 Å². The number of nitrogens with one attached hydrogen (secondary N) is 2. The molecule has 1 aliphatic heterocycles. The molecule has 0 amide bonds. The van der Waals surface area contributed by atoms with Crippen molar-refractivity contribution in [3.05, 3.63) is 69.1 Å². The Morgan fingerprint density at radius 3 is 2.63 bits per heavy atom. The van der Waals surface area contributed by atoms with Crippen LogP contribution in [0.3, 0.4) is 0 Å². The van der Waals surface area contributed by atoms with Gasteiger partial charge in [-0.05, 0) is 42.8 Å². The number of aromatic nitrogens is 4. The SMILES string of the molecule is CCn1c(=O)[nH]c2cc(CN3CCN(c4ccc5nc[nH]c5c4)CC3)ccc2c1=O. The number of H-pyrrole nitrogens is 2. The van der Waals surface area contributed by atoms with Gasteiger partial charge in [-0.15, -0.1) is 0 Å². The van der Waals surface area contributed by atoms with E-state index in [9.17, 15) is 9.59 Å². The summed E-state index contributed by atoms with van der Waals surface area (Å²) in [5, 5.41) is 0.555. The second kappa shape index (κ2) is 7.46. The van der Waals surface area contributed by atoms with Gasteiger partial charge < -0.3 is 14.9 Å². The van der Waals surface area contributed by atoms with Crippen molar-refractivity contribution in [1.29, 1.82) is 0 Å². The largest absolute Gasteiger partial charge is 0.369 e. The third-order valence-electron chi connectivity index (χ3n) is 5.91. The number of hydrogen-bond donors (Lipinski definition) is 2. The molecule has 1 saturated heterocycles. The van der Waals surface area contributed by atoms with Crippen molar-refractivity contribution < 1.29 is 0 Å². The molecule has 0 radical (unpaired) electrons. The van der Waals surface area contributed by atoms with Crippen molar-refractivity contribution in [3.63, 3.8) is 0 Å². The van der Waals surface area contributed by atoms with E-state index < -0.39 is 0 Å². The number of nitrogens with zero attached hydrogens (tertiary/aromatic N) is 4. The first kappa shape index (κ1) is 18.6. The highest BCUT2D eigenvalue weighted by atomic mass is 16.2. The zero-order valence-electron chi connectivity index (χ0n) is 16.9. The molecular weight excluding hydrogens is 380 g/mol. The van der Waals surface area contributed by atoms with Gasteiger partial charge in [0, 0.05) is 45.0 Å². The zero-order valence-corrected chi connectivity index (χ0v) is 16.9. The maximum atomic E-state index is 12.4. The van der Waals surface area contributed by atoms with Crippen LogP contribution in [0.25, 0.3) is 21.9 Å². The molecule has 0 unspecified atom stereocenters. The summed E-state index contributed by atoms with van der Waals surface area (Å²) in [6.07, 6.45) is 1.72. The van der Waals surface area contributed by atoms with Crippen molar-refractivity contribution in [2.24, 2.45) is 0 Å². The number of aromatic amines is 2. The van der Waals surface area contributed by atoms with Gasteiger partial charge in [0.15, 0.2) is 0 Å². The highest BCUT2D eigenvalue weighted by Gasteiger charge is 2.18. The van der Waals surface area contributed by atoms with Gasteiger partial charge in [-0.25, -0.2) is 9.78 Å². The number of hydrogen-bond acceptors (Lipinski definition) is 5. The lowest BCUT2D eigenvalue weighted by atomic mass is 10.1. The van der Waals surface area contributed by atoms with Crippen LogP contribution in [-0.2, 0) is 13.1 Å². The Labute approximate surface area is 172 Å². The molecule has 0 spiro atoms. The van der Waals surface area contributed by atoms with E-state index in [0.29, 0.717) is 17.4 Å². The molecule has 2 aromatic carbocycles. The Morgan fingerprint density at radius 2 is 1.83 bits per heavy atom. The summed E-state index contributed by atoms with van der Waals surface area (Å²) in [6.45, 7) is 6.76. The molecule has 4 aromatic rings. The van der Waals surface area contributed by atoms with Crippen molar-refractivity contribution >= 4 is 27.6 Å². The molecule has 2 N–H and O–H groups in total. The highest BCUT2D eigenvalue weighted by molar-refractivity contribution is 5.79. The number of piperazine rings is 1. The Morgan fingerprint density at radius 1 is 1.00 bits per heavy atom. The summed E-state index contributed by atoms with van der Waals surface area (Å²) in [6, 6.07) is 12.1. The van der Waals surface area contributed by atoms with Crippen LogP contribution in [0.4, 0.5) is 5.69 Å². The molecule has 2 aromatic heterocycles. The van der Waals surface area contributed by atoms with Gasteiger partial charge in [-0.3, -0.25) is 14.3 Å². The molecule has 8 heteroatoms. The van der Waals surface area contributed by atoms with E-state index in [1.807, 2.05) is 18.2 Å². The first-order valence-electron chi connectivity index (χ1n) is 10.3. The second-order valence-corrected chi connectivity index (χ2v) is 7.73. The molecule has 0 saturated carbocycles. The Bertz CT molecular complexity index is 1330. The van der Waals surface area contributed by atoms with Crippen LogP contribution in [0.5, 0.6) is 0 Å². The van der Waals surface area contributed by atoms with Gasteiger partial charge in [0.1, 0.15) is 0 Å². The summed E-state index contributed by atoms with van der Waals surface area (Å²) in [5.41, 5.74) is 4.38. The third-order valence-corrected chi connectivity index (χ3v) is 5.91. The number of anilines is 1. The van der Waals surface area contributed by atoms with Crippen LogP contribution in [0.2, 0.25) is 0 Å². The Kier molecular flexibility index (Phi) is 4.63. The van der Waals surface area contributed by atoms with E-state index in [-0.39, 0.29) is 11.2 Å². The minimum Gasteiger partial charge on any atom is -0.369 e. The van der Waals surface area contributed by atoms with Gasteiger partial charge in [-0.2, -0.15) is 0 Å². The molecule has 5 rings (SSSR count). The summed E-state index contributed by atoms with van der Waals surface area (Å²) >= 11 is 0. The molecule has 1 aliphatic rings. The molecule has 3 heterocycles. The first-order chi connectivity index (χ1) is 14.6. The molecule has 1 fully saturated rings. The molecule has 0 aliphatic carbocycles. The van der Waals surface area contributed by atoms with Gasteiger partial charge in [-0.1, -0.05) is 6.07 Å². The standard InChI is InChI=1S/C22H24N6O2/c1-2-28-21(29)17-5-3-15(11-19(17)25-22(28)30)13-26-7-9-27(10-8-26)16-4-6-18-20(12-16)24-14-23-18/h3-6,11-12,14H,2,7-10,13H2,1H3,(H,23,24)(H,25,30). The third kappa shape index (κ3) is 3.29.